The van der Waals surface area contributed by atoms with Crippen molar-refractivity contribution in [2.45, 2.75) is 30.8 Å². The Balaban J connectivity index is 1.83. The Kier molecular flexibility index (Phi) is 3.62. The van der Waals surface area contributed by atoms with E-state index in [0.29, 0.717) is 5.92 Å². The van der Waals surface area contributed by atoms with Gasteiger partial charge in [-0.25, -0.2) is 0 Å². The van der Waals surface area contributed by atoms with Gasteiger partial charge in [-0.15, -0.1) is 0 Å². The van der Waals surface area contributed by atoms with Crippen LogP contribution in [0.15, 0.2) is 30.3 Å². The standard InChI is InChI=1S/C13H16N2O3/c14-10(7-12(16)17)13(18)15-11-6-9(11)8-4-2-1-3-5-8/h1-5,9-11H,6-7,14H2,(H,15,18)(H,16,17). The fourth-order valence-electron chi connectivity index (χ4n) is 1.99. The molecule has 96 valence electrons. The molecule has 3 unspecified atom stereocenters. The number of nitrogens with one attached hydrogen (secondary N) is 1. The van der Waals surface area contributed by atoms with Crippen LogP contribution in [0.4, 0.5) is 0 Å². The van der Waals surface area contributed by atoms with Gasteiger partial charge in [0.1, 0.15) is 0 Å². The molecule has 0 bridgehead atoms. The zero-order valence-electron chi connectivity index (χ0n) is 9.87. The molecule has 0 spiro atoms. The molecule has 0 aliphatic heterocycles. The second-order valence-corrected chi connectivity index (χ2v) is 4.57. The van der Waals surface area contributed by atoms with E-state index in [4.69, 9.17) is 10.8 Å². The Labute approximate surface area is 105 Å². The number of amides is 1. The van der Waals surface area contributed by atoms with E-state index in [9.17, 15) is 9.59 Å². The summed E-state index contributed by atoms with van der Waals surface area (Å²) in [4.78, 5) is 22.0. The van der Waals surface area contributed by atoms with Crippen molar-refractivity contribution in [3.8, 4) is 0 Å². The maximum absolute atomic E-state index is 11.6. The van der Waals surface area contributed by atoms with E-state index in [-0.39, 0.29) is 18.4 Å². The third-order valence-electron chi connectivity index (χ3n) is 3.08. The molecular weight excluding hydrogens is 232 g/mol. The summed E-state index contributed by atoms with van der Waals surface area (Å²) < 4.78 is 0. The molecular formula is C13H16N2O3. The van der Waals surface area contributed by atoms with Crippen molar-refractivity contribution in [1.82, 2.24) is 5.32 Å². The van der Waals surface area contributed by atoms with Crippen LogP contribution in [0.3, 0.4) is 0 Å². The van der Waals surface area contributed by atoms with Crippen molar-refractivity contribution in [1.29, 1.82) is 0 Å². The minimum Gasteiger partial charge on any atom is -0.481 e. The number of carbonyl (C=O) groups is 2. The van der Waals surface area contributed by atoms with Gasteiger partial charge >= 0.3 is 5.97 Å². The van der Waals surface area contributed by atoms with Gasteiger partial charge in [0.25, 0.3) is 0 Å². The molecule has 0 aromatic heterocycles. The number of nitrogens with two attached hydrogens (primary N) is 1. The summed E-state index contributed by atoms with van der Waals surface area (Å²) in [6.07, 6.45) is 0.546. The molecule has 1 aliphatic carbocycles. The van der Waals surface area contributed by atoms with Crippen LogP contribution >= 0.6 is 0 Å². The van der Waals surface area contributed by atoms with E-state index >= 15 is 0 Å². The van der Waals surface area contributed by atoms with E-state index < -0.39 is 12.0 Å². The topological polar surface area (TPSA) is 92.4 Å². The van der Waals surface area contributed by atoms with Crippen LogP contribution < -0.4 is 11.1 Å². The van der Waals surface area contributed by atoms with Gasteiger partial charge in [0.15, 0.2) is 0 Å². The maximum atomic E-state index is 11.6. The molecule has 0 heterocycles. The number of rotatable bonds is 5. The molecule has 0 radical (unpaired) electrons. The first-order valence-electron chi connectivity index (χ1n) is 5.90. The van der Waals surface area contributed by atoms with Crippen LogP contribution in [0.2, 0.25) is 0 Å². The van der Waals surface area contributed by atoms with E-state index in [0.717, 1.165) is 6.42 Å². The average molecular weight is 248 g/mol. The highest BCUT2D eigenvalue weighted by Gasteiger charge is 2.40. The number of carboxylic acids is 1. The van der Waals surface area contributed by atoms with E-state index in [1.807, 2.05) is 30.3 Å². The summed E-state index contributed by atoms with van der Waals surface area (Å²) in [5, 5.41) is 11.3. The zero-order chi connectivity index (χ0) is 13.1. The summed E-state index contributed by atoms with van der Waals surface area (Å²) in [7, 11) is 0. The van der Waals surface area contributed by atoms with Gasteiger partial charge in [-0.05, 0) is 12.0 Å². The summed E-state index contributed by atoms with van der Waals surface area (Å²) in [5.41, 5.74) is 6.67. The minimum absolute atomic E-state index is 0.0831. The normalized spacial score (nSPS) is 23.2. The number of carboxylic acid groups (broad SMARTS) is 1. The Morgan fingerprint density at radius 3 is 2.67 bits per heavy atom. The fraction of sp³-hybridized carbons (Fsp3) is 0.385. The average Bonchev–Trinajstić information content (AvgIpc) is 3.08. The zero-order valence-corrected chi connectivity index (χ0v) is 9.87. The van der Waals surface area contributed by atoms with Crippen molar-refractivity contribution in [3.63, 3.8) is 0 Å². The molecule has 1 aromatic rings. The Morgan fingerprint density at radius 2 is 2.06 bits per heavy atom. The monoisotopic (exact) mass is 248 g/mol. The molecule has 1 saturated carbocycles. The Bertz CT molecular complexity index is 447. The number of hydrogen-bond donors (Lipinski definition) is 3. The second-order valence-electron chi connectivity index (χ2n) is 4.57. The third kappa shape index (κ3) is 3.07. The van der Waals surface area contributed by atoms with Gasteiger partial charge < -0.3 is 16.2 Å². The Morgan fingerprint density at radius 1 is 1.39 bits per heavy atom. The summed E-state index contributed by atoms with van der Waals surface area (Å²) in [5.74, 6) is -1.12. The number of hydrogen-bond acceptors (Lipinski definition) is 3. The van der Waals surface area contributed by atoms with Crippen LogP contribution in [0.1, 0.15) is 24.3 Å². The van der Waals surface area contributed by atoms with Gasteiger partial charge in [-0.3, -0.25) is 9.59 Å². The highest BCUT2D eigenvalue weighted by Crippen LogP contribution is 2.40. The Hall–Kier alpha value is -1.88. The molecule has 1 amide bonds. The fourth-order valence-corrected chi connectivity index (χ4v) is 1.99. The van der Waals surface area contributed by atoms with Crippen LogP contribution in [0.25, 0.3) is 0 Å². The molecule has 1 aliphatic rings. The summed E-state index contributed by atoms with van der Waals surface area (Å²) in [6, 6.07) is 9.02. The first-order chi connectivity index (χ1) is 8.58. The van der Waals surface area contributed by atoms with E-state index in [1.165, 1.54) is 5.56 Å². The maximum Gasteiger partial charge on any atom is 0.305 e. The van der Waals surface area contributed by atoms with Gasteiger partial charge in [-0.1, -0.05) is 30.3 Å². The molecule has 5 nitrogen and oxygen atoms in total. The first kappa shape index (κ1) is 12.6. The van der Waals surface area contributed by atoms with Crippen molar-refractivity contribution in [2.24, 2.45) is 5.73 Å². The van der Waals surface area contributed by atoms with Crippen LogP contribution in [-0.2, 0) is 9.59 Å². The minimum atomic E-state index is -1.06. The molecule has 1 aromatic carbocycles. The molecule has 18 heavy (non-hydrogen) atoms. The molecule has 2 rings (SSSR count). The van der Waals surface area contributed by atoms with E-state index in [1.54, 1.807) is 0 Å². The number of aliphatic carboxylic acids is 1. The summed E-state index contributed by atoms with van der Waals surface area (Å²) >= 11 is 0. The van der Waals surface area contributed by atoms with Crippen molar-refractivity contribution >= 4 is 11.9 Å². The number of benzene rings is 1. The lowest BCUT2D eigenvalue weighted by molar-refractivity contribution is -0.139. The van der Waals surface area contributed by atoms with Gasteiger partial charge in [0.2, 0.25) is 5.91 Å². The van der Waals surface area contributed by atoms with E-state index in [2.05, 4.69) is 5.32 Å². The molecule has 1 fully saturated rings. The molecule has 0 saturated heterocycles. The van der Waals surface area contributed by atoms with Crippen LogP contribution in [0, 0.1) is 0 Å². The van der Waals surface area contributed by atoms with Crippen LogP contribution in [-0.4, -0.2) is 29.1 Å². The van der Waals surface area contributed by atoms with Gasteiger partial charge in [0.05, 0.1) is 12.5 Å². The smallest absolute Gasteiger partial charge is 0.305 e. The van der Waals surface area contributed by atoms with Crippen molar-refractivity contribution in [3.05, 3.63) is 35.9 Å². The SMILES string of the molecule is NC(CC(=O)O)C(=O)NC1CC1c1ccccc1. The largest absolute Gasteiger partial charge is 0.481 e. The van der Waals surface area contributed by atoms with Gasteiger partial charge in [0, 0.05) is 12.0 Å². The molecule has 5 heteroatoms. The van der Waals surface area contributed by atoms with Crippen LogP contribution in [0.5, 0.6) is 0 Å². The predicted molar refractivity (Wildman–Crippen MR) is 66.0 cm³/mol. The predicted octanol–water partition coefficient (Wildman–Crippen LogP) is 0.461. The van der Waals surface area contributed by atoms with Crippen molar-refractivity contribution < 1.29 is 14.7 Å². The highest BCUT2D eigenvalue weighted by atomic mass is 16.4. The summed E-state index contributed by atoms with van der Waals surface area (Å²) in [6.45, 7) is 0. The van der Waals surface area contributed by atoms with Crippen molar-refractivity contribution in [2.75, 3.05) is 0 Å². The number of carbonyl (C=O) groups excluding carboxylic acids is 1. The lowest BCUT2D eigenvalue weighted by atomic mass is 10.1. The lowest BCUT2D eigenvalue weighted by Gasteiger charge is -2.09. The quantitative estimate of drug-likeness (QED) is 0.706. The van der Waals surface area contributed by atoms with Gasteiger partial charge in [-0.2, -0.15) is 0 Å². The lowest BCUT2D eigenvalue weighted by Crippen LogP contribution is -2.43. The highest BCUT2D eigenvalue weighted by molar-refractivity contribution is 5.86. The third-order valence-corrected chi connectivity index (χ3v) is 3.08. The molecule has 4 N–H and O–H groups in total. The molecule has 3 atom stereocenters. The second kappa shape index (κ2) is 5.18. The first-order valence-corrected chi connectivity index (χ1v) is 5.90.